The Hall–Kier alpha value is -2.34. The third kappa shape index (κ3) is 3.28. The molecule has 1 heterocycles. The lowest BCUT2D eigenvalue weighted by molar-refractivity contribution is 0.586. The van der Waals surface area contributed by atoms with Crippen molar-refractivity contribution < 1.29 is 8.78 Å². The molecule has 0 bridgehead atoms. The highest BCUT2D eigenvalue weighted by Crippen LogP contribution is 2.27. The number of nitrogens with zero attached hydrogens (tertiary/aromatic N) is 2. The summed E-state index contributed by atoms with van der Waals surface area (Å²) in [5.41, 5.74) is 0.881. The molecule has 0 unspecified atom stereocenters. The normalized spacial score (nSPS) is 10.4. The van der Waals surface area contributed by atoms with Gasteiger partial charge in [0.2, 0.25) is 0 Å². The minimum atomic E-state index is -0.776. The number of benzene rings is 1. The van der Waals surface area contributed by atoms with Crippen molar-refractivity contribution in [1.29, 1.82) is 5.41 Å². The third-order valence-corrected chi connectivity index (χ3v) is 3.26. The summed E-state index contributed by atoms with van der Waals surface area (Å²) in [6.07, 6.45) is 1.58. The monoisotopic (exact) mass is 322 g/mol. The standard InChI is InChI=1S/C15H13ClF2N4/c1-3-8(2)14-21-13(16)10(7-19)15(22-14)20-12-5-4-9(17)6-11(12)18/h4-7,19H,2-3H2,1H3,(H,20,21,22). The van der Waals surface area contributed by atoms with Crippen molar-refractivity contribution in [1.82, 2.24) is 9.97 Å². The first-order valence-corrected chi connectivity index (χ1v) is 6.82. The fourth-order valence-corrected chi connectivity index (χ4v) is 1.92. The zero-order chi connectivity index (χ0) is 16.3. The summed E-state index contributed by atoms with van der Waals surface area (Å²) in [5.74, 6) is -0.995. The number of anilines is 2. The highest BCUT2D eigenvalue weighted by Gasteiger charge is 2.14. The van der Waals surface area contributed by atoms with Crippen LogP contribution in [0, 0.1) is 17.0 Å². The molecule has 0 spiro atoms. The molecule has 0 radical (unpaired) electrons. The molecule has 0 saturated heterocycles. The molecule has 0 atom stereocenters. The number of aromatic nitrogens is 2. The maximum atomic E-state index is 13.7. The van der Waals surface area contributed by atoms with E-state index in [0.717, 1.165) is 18.3 Å². The van der Waals surface area contributed by atoms with Crippen LogP contribution in [0.15, 0.2) is 24.8 Å². The molecule has 0 saturated carbocycles. The van der Waals surface area contributed by atoms with Crippen LogP contribution < -0.4 is 5.32 Å². The Labute approximate surface area is 131 Å². The van der Waals surface area contributed by atoms with Gasteiger partial charge < -0.3 is 10.7 Å². The van der Waals surface area contributed by atoms with Gasteiger partial charge in [-0.25, -0.2) is 18.7 Å². The van der Waals surface area contributed by atoms with Crippen LogP contribution in [0.3, 0.4) is 0 Å². The Morgan fingerprint density at radius 3 is 2.73 bits per heavy atom. The average molecular weight is 323 g/mol. The van der Waals surface area contributed by atoms with E-state index in [1.54, 1.807) is 0 Å². The van der Waals surface area contributed by atoms with Crippen molar-refractivity contribution >= 4 is 34.9 Å². The fourth-order valence-electron chi connectivity index (χ4n) is 1.70. The summed E-state index contributed by atoms with van der Waals surface area (Å²) in [6, 6.07) is 3.11. The molecule has 2 N–H and O–H groups in total. The zero-order valence-corrected chi connectivity index (χ0v) is 12.5. The molecule has 1 aromatic carbocycles. The van der Waals surface area contributed by atoms with Crippen LogP contribution >= 0.6 is 11.6 Å². The SMILES string of the molecule is C=C(CC)c1nc(Cl)c(C=N)c(Nc2ccc(F)cc2F)n1. The number of rotatable bonds is 5. The largest absolute Gasteiger partial charge is 0.337 e. The number of halogens is 3. The maximum Gasteiger partial charge on any atom is 0.158 e. The quantitative estimate of drug-likeness (QED) is 0.626. The Morgan fingerprint density at radius 2 is 2.14 bits per heavy atom. The fraction of sp³-hybridized carbons (Fsp3) is 0.133. The van der Waals surface area contributed by atoms with Crippen LogP contribution in [0.4, 0.5) is 20.3 Å². The van der Waals surface area contributed by atoms with E-state index >= 15 is 0 Å². The van der Waals surface area contributed by atoms with Crippen molar-refractivity contribution in [2.75, 3.05) is 5.32 Å². The summed E-state index contributed by atoms with van der Waals surface area (Å²) in [6.45, 7) is 5.71. The Balaban J connectivity index is 2.50. The first kappa shape index (κ1) is 16.0. The molecule has 4 nitrogen and oxygen atoms in total. The van der Waals surface area contributed by atoms with E-state index in [2.05, 4.69) is 21.9 Å². The molecule has 0 aliphatic rings. The molecular formula is C15H13ClF2N4. The maximum absolute atomic E-state index is 13.7. The second-order valence-corrected chi connectivity index (χ2v) is 4.81. The minimum absolute atomic E-state index is 0.0207. The smallest absolute Gasteiger partial charge is 0.158 e. The molecule has 0 aliphatic carbocycles. The van der Waals surface area contributed by atoms with Crippen LogP contribution in [-0.4, -0.2) is 16.2 Å². The number of nitrogens with one attached hydrogen (secondary N) is 2. The lowest BCUT2D eigenvalue weighted by Crippen LogP contribution is -2.06. The van der Waals surface area contributed by atoms with E-state index in [9.17, 15) is 8.78 Å². The Kier molecular flexibility index (Phi) is 4.82. The molecule has 2 rings (SSSR count). The second-order valence-electron chi connectivity index (χ2n) is 4.45. The van der Waals surface area contributed by atoms with Gasteiger partial charge in [-0.1, -0.05) is 25.1 Å². The van der Waals surface area contributed by atoms with Crippen LogP contribution in [0.1, 0.15) is 24.7 Å². The highest BCUT2D eigenvalue weighted by molar-refractivity contribution is 6.32. The van der Waals surface area contributed by atoms with E-state index in [4.69, 9.17) is 17.0 Å². The third-order valence-electron chi connectivity index (χ3n) is 2.97. The summed E-state index contributed by atoms with van der Waals surface area (Å²) in [4.78, 5) is 8.28. The Morgan fingerprint density at radius 1 is 1.41 bits per heavy atom. The van der Waals surface area contributed by atoms with E-state index in [-0.39, 0.29) is 22.2 Å². The van der Waals surface area contributed by atoms with Crippen molar-refractivity contribution in [2.45, 2.75) is 13.3 Å². The zero-order valence-electron chi connectivity index (χ0n) is 11.8. The highest BCUT2D eigenvalue weighted by atomic mass is 35.5. The van der Waals surface area contributed by atoms with Gasteiger partial charge in [0.25, 0.3) is 0 Å². The molecule has 1 aromatic heterocycles. The van der Waals surface area contributed by atoms with Gasteiger partial charge in [-0.15, -0.1) is 0 Å². The predicted octanol–water partition coefficient (Wildman–Crippen LogP) is 4.57. The van der Waals surface area contributed by atoms with E-state index in [1.165, 1.54) is 6.07 Å². The topological polar surface area (TPSA) is 61.7 Å². The molecular weight excluding hydrogens is 310 g/mol. The first-order chi connectivity index (χ1) is 10.5. The molecule has 7 heteroatoms. The molecule has 22 heavy (non-hydrogen) atoms. The number of hydrogen-bond donors (Lipinski definition) is 2. The number of hydrogen-bond acceptors (Lipinski definition) is 4. The minimum Gasteiger partial charge on any atom is -0.337 e. The van der Waals surface area contributed by atoms with Crippen molar-refractivity contribution in [3.8, 4) is 0 Å². The van der Waals surface area contributed by atoms with Gasteiger partial charge in [-0.2, -0.15) is 0 Å². The van der Waals surface area contributed by atoms with Gasteiger partial charge >= 0.3 is 0 Å². The molecule has 0 amide bonds. The molecule has 0 fully saturated rings. The van der Waals surface area contributed by atoms with E-state index in [1.807, 2.05) is 6.92 Å². The lowest BCUT2D eigenvalue weighted by atomic mass is 10.2. The molecule has 114 valence electrons. The van der Waals surface area contributed by atoms with Gasteiger partial charge in [0.15, 0.2) is 5.82 Å². The van der Waals surface area contributed by atoms with E-state index < -0.39 is 11.6 Å². The molecule has 0 aliphatic heterocycles. The van der Waals surface area contributed by atoms with Gasteiger partial charge in [0, 0.05) is 12.3 Å². The Bertz CT molecular complexity index is 747. The van der Waals surface area contributed by atoms with Crippen LogP contribution in [-0.2, 0) is 0 Å². The second kappa shape index (κ2) is 6.62. The van der Waals surface area contributed by atoms with Crippen LogP contribution in [0.25, 0.3) is 5.57 Å². The summed E-state index contributed by atoms with van der Waals surface area (Å²) >= 11 is 6.03. The number of allylic oxidation sites excluding steroid dienone is 1. The lowest BCUT2D eigenvalue weighted by Gasteiger charge is -2.12. The average Bonchev–Trinajstić information content (AvgIpc) is 2.49. The van der Waals surface area contributed by atoms with Crippen molar-refractivity contribution in [3.63, 3.8) is 0 Å². The van der Waals surface area contributed by atoms with Crippen molar-refractivity contribution in [3.05, 3.63) is 53.0 Å². The summed E-state index contributed by atoms with van der Waals surface area (Å²) in [5, 5.41) is 10.2. The van der Waals surface area contributed by atoms with Gasteiger partial charge in [-0.3, -0.25) is 0 Å². The van der Waals surface area contributed by atoms with Gasteiger partial charge in [-0.05, 0) is 24.1 Å². The summed E-state index contributed by atoms with van der Waals surface area (Å²) in [7, 11) is 0. The van der Waals surface area contributed by atoms with Crippen molar-refractivity contribution in [2.24, 2.45) is 0 Å². The molecule has 2 aromatic rings. The van der Waals surface area contributed by atoms with Gasteiger partial charge in [0.1, 0.15) is 22.6 Å². The first-order valence-electron chi connectivity index (χ1n) is 6.44. The predicted molar refractivity (Wildman–Crippen MR) is 83.9 cm³/mol. The van der Waals surface area contributed by atoms with E-state index in [0.29, 0.717) is 17.8 Å². The van der Waals surface area contributed by atoms with Crippen LogP contribution in [0.2, 0.25) is 5.15 Å². The van der Waals surface area contributed by atoms with Crippen LogP contribution in [0.5, 0.6) is 0 Å². The summed E-state index contributed by atoms with van der Waals surface area (Å²) < 4.78 is 26.7. The van der Waals surface area contributed by atoms with Gasteiger partial charge in [0.05, 0.1) is 11.3 Å².